The first-order chi connectivity index (χ1) is 11.9. The number of aryl methyl sites for hydroxylation is 2. The fourth-order valence-corrected chi connectivity index (χ4v) is 4.62. The molecule has 1 aliphatic heterocycles. The van der Waals surface area contributed by atoms with E-state index in [2.05, 4.69) is 9.97 Å². The molecule has 0 amide bonds. The van der Waals surface area contributed by atoms with E-state index in [9.17, 15) is 8.42 Å². The summed E-state index contributed by atoms with van der Waals surface area (Å²) in [7, 11) is -3.37. The fourth-order valence-electron chi connectivity index (χ4n) is 3.03. The predicted molar refractivity (Wildman–Crippen MR) is 95.8 cm³/mol. The molecule has 0 N–H and O–H groups in total. The Hall–Kier alpha value is -1.99. The summed E-state index contributed by atoms with van der Waals surface area (Å²) in [5.41, 5.74) is 2.47. The number of benzene rings is 1. The summed E-state index contributed by atoms with van der Waals surface area (Å²) < 4.78 is 32.8. The van der Waals surface area contributed by atoms with Gasteiger partial charge in [-0.1, -0.05) is 30.3 Å². The van der Waals surface area contributed by atoms with Gasteiger partial charge in [0.15, 0.2) is 0 Å². The Morgan fingerprint density at radius 2 is 1.84 bits per heavy atom. The Balaban J connectivity index is 1.68. The molecular weight excluding hydrogens is 338 g/mol. The highest BCUT2D eigenvalue weighted by molar-refractivity contribution is 7.88. The quantitative estimate of drug-likeness (QED) is 0.818. The Morgan fingerprint density at radius 3 is 2.52 bits per heavy atom. The van der Waals surface area contributed by atoms with Gasteiger partial charge in [0.2, 0.25) is 10.0 Å². The highest BCUT2D eigenvalue weighted by Gasteiger charge is 2.30. The van der Waals surface area contributed by atoms with E-state index in [0.717, 1.165) is 29.8 Å². The summed E-state index contributed by atoms with van der Waals surface area (Å²) in [5.74, 6) is 0.0145. The zero-order chi connectivity index (χ0) is 17.9. The second-order valence-electron chi connectivity index (χ2n) is 6.42. The third-order valence-corrected chi connectivity index (χ3v) is 5.98. The van der Waals surface area contributed by atoms with Gasteiger partial charge in [0.1, 0.15) is 6.10 Å². The zero-order valence-corrected chi connectivity index (χ0v) is 15.4. The van der Waals surface area contributed by atoms with Crippen LogP contribution in [0.25, 0.3) is 0 Å². The molecule has 1 aromatic carbocycles. The van der Waals surface area contributed by atoms with Crippen LogP contribution >= 0.6 is 0 Å². The van der Waals surface area contributed by atoms with Crippen molar-refractivity contribution in [3.05, 3.63) is 53.3 Å². The predicted octanol–water partition coefficient (Wildman–Crippen LogP) is 2.47. The molecule has 2 heterocycles. The molecule has 1 aliphatic rings. The van der Waals surface area contributed by atoms with Gasteiger partial charge in [-0.05, 0) is 38.3 Å². The maximum Gasteiger partial charge on any atom is 0.317 e. The zero-order valence-electron chi connectivity index (χ0n) is 14.6. The fraction of sp³-hybridized carbons (Fsp3) is 0.444. The van der Waals surface area contributed by atoms with Crippen LogP contribution in [0.4, 0.5) is 0 Å². The first-order valence-electron chi connectivity index (χ1n) is 8.43. The maximum absolute atomic E-state index is 12.7. The minimum atomic E-state index is -3.37. The van der Waals surface area contributed by atoms with Crippen LogP contribution in [-0.4, -0.2) is 41.9 Å². The van der Waals surface area contributed by atoms with Crippen LogP contribution in [0.5, 0.6) is 6.01 Å². The lowest BCUT2D eigenvalue weighted by Crippen LogP contribution is -2.44. The Bertz CT molecular complexity index is 804. The standard InChI is InChI=1S/C18H23N3O3S/c1-14-11-15(2)20-18(19-14)24-17-9-6-10-21(12-17)25(22,23)13-16-7-4-3-5-8-16/h3-5,7-8,11,17H,6,9-10,12-13H2,1-2H3. The largest absolute Gasteiger partial charge is 0.459 e. The smallest absolute Gasteiger partial charge is 0.317 e. The van der Waals surface area contributed by atoms with Crippen molar-refractivity contribution in [1.82, 2.24) is 14.3 Å². The van der Waals surface area contributed by atoms with Crippen LogP contribution in [0.1, 0.15) is 29.8 Å². The summed E-state index contributed by atoms with van der Waals surface area (Å²) in [6.45, 7) is 4.65. The molecule has 1 saturated heterocycles. The molecule has 1 unspecified atom stereocenters. The molecule has 1 fully saturated rings. The van der Waals surface area contributed by atoms with Crippen molar-refractivity contribution in [2.75, 3.05) is 13.1 Å². The van der Waals surface area contributed by atoms with E-state index in [1.807, 2.05) is 50.2 Å². The molecule has 2 aromatic rings. The van der Waals surface area contributed by atoms with E-state index in [1.54, 1.807) is 0 Å². The van der Waals surface area contributed by atoms with E-state index in [4.69, 9.17) is 4.74 Å². The highest BCUT2D eigenvalue weighted by atomic mass is 32.2. The average Bonchev–Trinajstić information content (AvgIpc) is 2.54. The van der Waals surface area contributed by atoms with E-state index in [-0.39, 0.29) is 11.9 Å². The van der Waals surface area contributed by atoms with Gasteiger partial charge in [-0.3, -0.25) is 0 Å². The van der Waals surface area contributed by atoms with E-state index in [0.29, 0.717) is 19.1 Å². The summed E-state index contributed by atoms with van der Waals surface area (Å²) in [4.78, 5) is 8.56. The highest BCUT2D eigenvalue weighted by Crippen LogP contribution is 2.20. The van der Waals surface area contributed by atoms with Crippen molar-refractivity contribution in [3.8, 4) is 6.01 Å². The van der Waals surface area contributed by atoms with E-state index < -0.39 is 10.0 Å². The number of nitrogens with zero attached hydrogens (tertiary/aromatic N) is 3. The number of aromatic nitrogens is 2. The van der Waals surface area contributed by atoms with Gasteiger partial charge in [0, 0.05) is 17.9 Å². The second-order valence-corrected chi connectivity index (χ2v) is 8.38. The van der Waals surface area contributed by atoms with Gasteiger partial charge in [-0.25, -0.2) is 18.4 Å². The van der Waals surface area contributed by atoms with E-state index in [1.165, 1.54) is 4.31 Å². The molecule has 0 bridgehead atoms. The Kier molecular flexibility index (Phi) is 5.34. The van der Waals surface area contributed by atoms with Crippen molar-refractivity contribution in [2.45, 2.75) is 38.5 Å². The van der Waals surface area contributed by atoms with E-state index >= 15 is 0 Å². The monoisotopic (exact) mass is 361 g/mol. The lowest BCUT2D eigenvalue weighted by atomic mass is 10.1. The molecule has 1 aromatic heterocycles. The second kappa shape index (κ2) is 7.49. The molecule has 0 aliphatic carbocycles. The van der Waals surface area contributed by atoms with Gasteiger partial charge in [-0.15, -0.1) is 0 Å². The molecule has 134 valence electrons. The van der Waals surface area contributed by atoms with Gasteiger partial charge in [-0.2, -0.15) is 4.31 Å². The van der Waals surface area contributed by atoms with Crippen molar-refractivity contribution in [1.29, 1.82) is 0 Å². The van der Waals surface area contributed by atoms with Crippen LogP contribution in [0, 0.1) is 13.8 Å². The van der Waals surface area contributed by atoms with Crippen LogP contribution in [-0.2, 0) is 15.8 Å². The third-order valence-electron chi connectivity index (χ3n) is 4.16. The molecule has 1 atom stereocenters. The summed E-state index contributed by atoms with van der Waals surface area (Å²) in [5, 5.41) is 0. The molecular formula is C18H23N3O3S. The number of hydrogen-bond acceptors (Lipinski definition) is 5. The van der Waals surface area contributed by atoms with Gasteiger partial charge in [0.05, 0.1) is 12.3 Å². The number of rotatable bonds is 5. The lowest BCUT2D eigenvalue weighted by Gasteiger charge is -2.31. The van der Waals surface area contributed by atoms with Gasteiger partial charge < -0.3 is 4.74 Å². The topological polar surface area (TPSA) is 72.4 Å². The average molecular weight is 361 g/mol. The minimum absolute atomic E-state index is 0.0145. The van der Waals surface area contributed by atoms with Crippen molar-refractivity contribution >= 4 is 10.0 Å². The molecule has 3 rings (SSSR count). The normalized spacial score (nSPS) is 18.9. The van der Waals surface area contributed by atoms with Crippen LogP contribution in [0.3, 0.4) is 0 Å². The first kappa shape index (κ1) is 17.8. The number of ether oxygens (including phenoxy) is 1. The lowest BCUT2D eigenvalue weighted by molar-refractivity contribution is 0.118. The summed E-state index contributed by atoms with van der Waals surface area (Å²) in [6.07, 6.45) is 1.34. The Morgan fingerprint density at radius 1 is 1.16 bits per heavy atom. The minimum Gasteiger partial charge on any atom is -0.459 e. The molecule has 25 heavy (non-hydrogen) atoms. The van der Waals surface area contributed by atoms with Crippen molar-refractivity contribution in [2.24, 2.45) is 0 Å². The van der Waals surface area contributed by atoms with Gasteiger partial charge in [0.25, 0.3) is 0 Å². The van der Waals surface area contributed by atoms with Crippen molar-refractivity contribution in [3.63, 3.8) is 0 Å². The van der Waals surface area contributed by atoms with Crippen LogP contribution in [0.2, 0.25) is 0 Å². The molecule has 7 heteroatoms. The first-order valence-corrected chi connectivity index (χ1v) is 10.0. The summed E-state index contributed by atoms with van der Waals surface area (Å²) >= 11 is 0. The Labute approximate surface area is 148 Å². The van der Waals surface area contributed by atoms with Crippen LogP contribution in [0.15, 0.2) is 36.4 Å². The number of sulfonamides is 1. The number of hydrogen-bond donors (Lipinski definition) is 0. The third kappa shape index (κ3) is 4.76. The van der Waals surface area contributed by atoms with Crippen LogP contribution < -0.4 is 4.74 Å². The number of piperidine rings is 1. The molecule has 0 radical (unpaired) electrons. The van der Waals surface area contributed by atoms with Gasteiger partial charge >= 0.3 is 6.01 Å². The molecule has 0 saturated carbocycles. The summed E-state index contributed by atoms with van der Waals surface area (Å²) in [6, 6.07) is 11.5. The maximum atomic E-state index is 12.7. The molecule has 6 nitrogen and oxygen atoms in total. The SMILES string of the molecule is Cc1cc(C)nc(OC2CCCN(S(=O)(=O)Cc3ccccc3)C2)n1. The molecule has 0 spiro atoms. The van der Waals surface area contributed by atoms with Crippen molar-refractivity contribution < 1.29 is 13.2 Å².